The van der Waals surface area contributed by atoms with Crippen LogP contribution in [-0.4, -0.2) is 38.9 Å². The number of aromatic nitrogens is 8. The molecule has 11 heteroatoms. The molecule has 5 aromatic heterocycles. The highest BCUT2D eigenvalue weighted by molar-refractivity contribution is 5.90. The van der Waals surface area contributed by atoms with Gasteiger partial charge in [0.2, 0.25) is 11.5 Å². The van der Waals surface area contributed by atoms with Crippen molar-refractivity contribution in [2.75, 3.05) is 5.73 Å². The average Bonchev–Trinajstić information content (AvgIpc) is 3.38. The van der Waals surface area contributed by atoms with E-state index in [2.05, 4.69) is 25.1 Å². The fourth-order valence-corrected chi connectivity index (χ4v) is 3.53. The lowest BCUT2D eigenvalue weighted by atomic mass is 10.0. The Labute approximate surface area is 180 Å². The van der Waals surface area contributed by atoms with E-state index in [0.29, 0.717) is 28.3 Å². The van der Waals surface area contributed by atoms with Crippen molar-refractivity contribution in [2.45, 2.75) is 6.42 Å². The Kier molecular flexibility index (Phi) is 4.51. The summed E-state index contributed by atoms with van der Waals surface area (Å²) in [5.74, 6) is 0.0185. The number of nitrogens with two attached hydrogens (primary N) is 1. The monoisotopic (exact) mass is 431 g/mol. The molecule has 160 valence electrons. The van der Waals surface area contributed by atoms with Crippen molar-refractivity contribution in [3.63, 3.8) is 0 Å². The van der Waals surface area contributed by atoms with Crippen LogP contribution in [0.3, 0.4) is 0 Å². The normalized spacial score (nSPS) is 11.3. The van der Waals surface area contributed by atoms with E-state index in [1.807, 2.05) is 6.20 Å². The van der Waals surface area contributed by atoms with Crippen LogP contribution < -0.4 is 11.3 Å². The predicted molar refractivity (Wildman–Crippen MR) is 115 cm³/mol. The zero-order chi connectivity index (χ0) is 22.4. The highest BCUT2D eigenvalue weighted by atomic mass is 19.1. The third-order valence-electron chi connectivity index (χ3n) is 5.07. The van der Waals surface area contributed by atoms with Crippen LogP contribution in [0.2, 0.25) is 0 Å². The molecule has 0 saturated heterocycles. The molecule has 0 amide bonds. The number of nitrogens with zero attached hydrogens (tertiary/aromatic N) is 8. The van der Waals surface area contributed by atoms with E-state index < -0.39 is 5.82 Å². The maximum Gasteiger partial charge on any atom is 0.250 e. The van der Waals surface area contributed by atoms with Gasteiger partial charge in [-0.2, -0.15) is 9.61 Å². The minimum Gasteiger partial charge on any atom is -0.368 e. The minimum absolute atomic E-state index is 0.0860. The van der Waals surface area contributed by atoms with Crippen LogP contribution >= 0.6 is 0 Å². The fourth-order valence-electron chi connectivity index (χ4n) is 3.53. The smallest absolute Gasteiger partial charge is 0.250 e. The summed E-state index contributed by atoms with van der Waals surface area (Å²) in [6, 6.07) is 6.03. The molecular weight excluding hydrogens is 413 g/mol. The number of anilines is 1. The van der Waals surface area contributed by atoms with Gasteiger partial charge in [-0.15, -0.1) is 5.10 Å². The molecule has 0 aliphatic heterocycles. The first-order valence-corrected chi connectivity index (χ1v) is 9.71. The maximum absolute atomic E-state index is 14.1. The van der Waals surface area contributed by atoms with Crippen LogP contribution in [0.4, 0.5) is 10.3 Å². The lowest BCUT2D eigenvalue weighted by molar-refractivity contribution is 0.601. The van der Waals surface area contributed by atoms with Gasteiger partial charge in [0.1, 0.15) is 5.82 Å². The second kappa shape index (κ2) is 7.38. The summed E-state index contributed by atoms with van der Waals surface area (Å²) < 4.78 is 18.7. The second-order valence-corrected chi connectivity index (χ2v) is 7.34. The standard InChI is InChI=1S/C21H18FN9O/c1-29-10-12(5-6-17(29)32)18-19(13-9-25-30(2)11-13)27-21(23)31-20(18)26-16(28-31)8-15-14(22)4-3-7-24-15/h3-7,9-11H,8H2,1-2H3,(H2,23,27). The molecule has 0 aromatic carbocycles. The number of nitrogen functional groups attached to an aromatic ring is 1. The summed E-state index contributed by atoms with van der Waals surface area (Å²) in [6.07, 6.45) is 6.78. The van der Waals surface area contributed by atoms with Crippen molar-refractivity contribution < 1.29 is 4.39 Å². The van der Waals surface area contributed by atoms with Gasteiger partial charge in [-0.05, 0) is 18.2 Å². The van der Waals surface area contributed by atoms with E-state index in [9.17, 15) is 9.18 Å². The largest absolute Gasteiger partial charge is 0.368 e. The van der Waals surface area contributed by atoms with Gasteiger partial charge >= 0.3 is 0 Å². The minimum atomic E-state index is -0.438. The number of hydrogen-bond acceptors (Lipinski definition) is 7. The Morgan fingerprint density at radius 3 is 2.66 bits per heavy atom. The van der Waals surface area contributed by atoms with E-state index in [1.165, 1.54) is 33.5 Å². The van der Waals surface area contributed by atoms with Gasteiger partial charge in [0.15, 0.2) is 11.5 Å². The molecule has 0 unspecified atom stereocenters. The number of halogens is 1. The van der Waals surface area contributed by atoms with Gasteiger partial charge in [-0.1, -0.05) is 0 Å². The Hall–Kier alpha value is -4.41. The molecule has 5 heterocycles. The van der Waals surface area contributed by atoms with Crippen molar-refractivity contribution in [1.29, 1.82) is 0 Å². The maximum atomic E-state index is 14.1. The third-order valence-corrected chi connectivity index (χ3v) is 5.07. The summed E-state index contributed by atoms with van der Waals surface area (Å²) >= 11 is 0. The van der Waals surface area contributed by atoms with Gasteiger partial charge in [-0.3, -0.25) is 14.5 Å². The highest BCUT2D eigenvalue weighted by Gasteiger charge is 2.21. The lowest BCUT2D eigenvalue weighted by Gasteiger charge is -2.11. The topological polar surface area (TPSA) is 122 Å². The first-order chi connectivity index (χ1) is 15.4. The molecule has 0 saturated carbocycles. The van der Waals surface area contributed by atoms with E-state index in [-0.39, 0.29) is 23.6 Å². The number of aryl methyl sites for hydroxylation is 2. The van der Waals surface area contributed by atoms with Crippen LogP contribution in [0.15, 0.2) is 53.8 Å². The second-order valence-electron chi connectivity index (χ2n) is 7.34. The molecule has 0 atom stereocenters. The summed E-state index contributed by atoms with van der Waals surface area (Å²) in [5.41, 5.74) is 9.33. The van der Waals surface area contributed by atoms with Gasteiger partial charge in [0, 0.05) is 49.9 Å². The van der Waals surface area contributed by atoms with Crippen molar-refractivity contribution in [3.8, 4) is 22.4 Å². The first kappa shape index (κ1) is 19.5. The van der Waals surface area contributed by atoms with Crippen LogP contribution in [0.5, 0.6) is 0 Å². The van der Waals surface area contributed by atoms with Crippen molar-refractivity contribution in [1.82, 2.24) is 38.9 Å². The van der Waals surface area contributed by atoms with E-state index in [1.54, 1.807) is 37.2 Å². The van der Waals surface area contributed by atoms with Gasteiger partial charge in [0.25, 0.3) is 0 Å². The predicted octanol–water partition coefficient (Wildman–Crippen LogP) is 1.60. The van der Waals surface area contributed by atoms with Crippen molar-refractivity contribution in [2.24, 2.45) is 14.1 Å². The molecule has 0 fully saturated rings. The van der Waals surface area contributed by atoms with Gasteiger partial charge < -0.3 is 10.3 Å². The first-order valence-electron chi connectivity index (χ1n) is 9.71. The number of pyridine rings is 2. The van der Waals surface area contributed by atoms with Gasteiger partial charge in [0.05, 0.1) is 29.6 Å². The summed E-state index contributed by atoms with van der Waals surface area (Å²) in [6.45, 7) is 0. The van der Waals surface area contributed by atoms with Crippen molar-refractivity contribution >= 4 is 11.6 Å². The molecule has 5 rings (SSSR count). The molecule has 32 heavy (non-hydrogen) atoms. The zero-order valence-corrected chi connectivity index (χ0v) is 17.3. The summed E-state index contributed by atoms with van der Waals surface area (Å²) in [5, 5.41) is 8.66. The quantitative estimate of drug-likeness (QED) is 0.459. The molecule has 10 nitrogen and oxygen atoms in total. The molecule has 0 aliphatic rings. The molecule has 0 aliphatic carbocycles. The summed E-state index contributed by atoms with van der Waals surface area (Å²) in [4.78, 5) is 25.2. The fraction of sp³-hybridized carbons (Fsp3) is 0.143. The zero-order valence-electron chi connectivity index (χ0n) is 17.3. The highest BCUT2D eigenvalue weighted by Crippen LogP contribution is 2.34. The van der Waals surface area contributed by atoms with E-state index in [4.69, 9.17) is 5.73 Å². The Morgan fingerprint density at radius 2 is 1.94 bits per heavy atom. The molecule has 0 bridgehead atoms. The lowest BCUT2D eigenvalue weighted by Crippen LogP contribution is -2.14. The van der Waals surface area contributed by atoms with Crippen LogP contribution in [0.1, 0.15) is 11.5 Å². The molecule has 2 N–H and O–H groups in total. The average molecular weight is 431 g/mol. The third kappa shape index (κ3) is 3.29. The molecule has 5 aromatic rings. The molecular formula is C21H18FN9O. The van der Waals surface area contributed by atoms with Crippen LogP contribution in [0.25, 0.3) is 28.0 Å². The van der Waals surface area contributed by atoms with E-state index in [0.717, 1.165) is 5.56 Å². The Balaban J connectivity index is 1.77. The Bertz CT molecular complexity index is 1530. The number of rotatable bonds is 4. The summed E-state index contributed by atoms with van der Waals surface area (Å²) in [7, 11) is 3.46. The van der Waals surface area contributed by atoms with Crippen LogP contribution in [-0.2, 0) is 20.5 Å². The SMILES string of the molecule is Cn1cc(-c2nc(N)n3nc(Cc4ncccc4F)nc3c2-c2ccc(=O)n(C)c2)cn1. The van der Waals surface area contributed by atoms with Gasteiger partial charge in [-0.25, -0.2) is 14.4 Å². The molecule has 0 spiro atoms. The van der Waals surface area contributed by atoms with Crippen LogP contribution in [0, 0.1) is 5.82 Å². The molecule has 0 radical (unpaired) electrons. The number of hydrogen-bond donors (Lipinski definition) is 1. The number of fused-ring (bicyclic) bond motifs is 1. The van der Waals surface area contributed by atoms with Crippen molar-refractivity contribution in [3.05, 3.63) is 76.7 Å². The van der Waals surface area contributed by atoms with E-state index >= 15 is 0 Å². The Morgan fingerprint density at radius 1 is 1.09 bits per heavy atom.